The van der Waals surface area contributed by atoms with Crippen molar-refractivity contribution in [3.63, 3.8) is 0 Å². The molecular weight excluding hydrogens is 336 g/mol. The quantitative estimate of drug-likeness (QED) is 0.198. The number of aliphatic hydroxyl groups excluding tert-OH is 8. The van der Waals surface area contributed by atoms with Crippen LogP contribution >= 0.6 is 0 Å². The molecule has 0 unspecified atom stereocenters. The standard InChI is InChI=1S/C12H22O12/c13-1-3(15)10(7(18)8(19)11(21)22)24-12-9(20)6(17)5(16)4(2-14)23-12/h3-10,12-20H,1-2H2,(H,21,22)/t3-,4-,5+,6+,7+,8-,9-,10+,12+/m1/s1. The predicted octanol–water partition coefficient (Wildman–Crippen LogP) is -5.67. The van der Waals surface area contributed by atoms with Gasteiger partial charge in [0.2, 0.25) is 0 Å². The summed E-state index contributed by atoms with van der Waals surface area (Å²) in [7, 11) is 0. The summed E-state index contributed by atoms with van der Waals surface area (Å²) < 4.78 is 9.98. The molecule has 1 saturated heterocycles. The van der Waals surface area contributed by atoms with Gasteiger partial charge in [-0.2, -0.15) is 0 Å². The molecule has 0 spiro atoms. The number of aliphatic carboxylic acids is 1. The van der Waals surface area contributed by atoms with Crippen molar-refractivity contribution in [2.24, 2.45) is 0 Å². The zero-order chi connectivity index (χ0) is 18.6. The lowest BCUT2D eigenvalue weighted by Gasteiger charge is -2.42. The second-order valence-electron chi connectivity index (χ2n) is 5.32. The van der Waals surface area contributed by atoms with Crippen molar-refractivity contribution in [1.29, 1.82) is 0 Å². The highest BCUT2D eigenvalue weighted by molar-refractivity contribution is 5.72. The van der Waals surface area contributed by atoms with E-state index in [0.717, 1.165) is 0 Å². The Morgan fingerprint density at radius 1 is 1.04 bits per heavy atom. The first kappa shape index (κ1) is 21.1. The molecule has 1 fully saturated rings. The number of ether oxygens (including phenoxy) is 2. The largest absolute Gasteiger partial charge is 0.479 e. The van der Waals surface area contributed by atoms with E-state index in [1.807, 2.05) is 0 Å². The monoisotopic (exact) mass is 358 g/mol. The Kier molecular flexibility index (Phi) is 7.88. The molecule has 0 amide bonds. The van der Waals surface area contributed by atoms with Crippen molar-refractivity contribution < 1.29 is 60.2 Å². The fourth-order valence-electron chi connectivity index (χ4n) is 2.16. The van der Waals surface area contributed by atoms with Crippen LogP contribution in [0.15, 0.2) is 0 Å². The minimum Gasteiger partial charge on any atom is -0.479 e. The van der Waals surface area contributed by atoms with Crippen LogP contribution in [0.5, 0.6) is 0 Å². The molecule has 12 heteroatoms. The fraction of sp³-hybridized carbons (Fsp3) is 0.917. The molecule has 0 aliphatic carbocycles. The molecule has 1 aliphatic heterocycles. The summed E-state index contributed by atoms with van der Waals surface area (Å²) in [4.78, 5) is 10.7. The van der Waals surface area contributed by atoms with E-state index in [4.69, 9.17) is 24.8 Å². The highest BCUT2D eigenvalue weighted by atomic mass is 16.7. The number of carboxylic acids is 1. The first-order valence-corrected chi connectivity index (χ1v) is 6.99. The van der Waals surface area contributed by atoms with Gasteiger partial charge in [-0.05, 0) is 0 Å². The lowest BCUT2D eigenvalue weighted by molar-refractivity contribution is -0.326. The third kappa shape index (κ3) is 4.58. The Morgan fingerprint density at radius 3 is 2.08 bits per heavy atom. The van der Waals surface area contributed by atoms with E-state index in [-0.39, 0.29) is 0 Å². The zero-order valence-corrected chi connectivity index (χ0v) is 12.4. The molecule has 1 rings (SSSR count). The second-order valence-corrected chi connectivity index (χ2v) is 5.32. The van der Waals surface area contributed by atoms with Crippen LogP contribution in [0, 0.1) is 0 Å². The molecule has 0 aromatic heterocycles. The van der Waals surface area contributed by atoms with E-state index in [1.54, 1.807) is 0 Å². The van der Waals surface area contributed by atoms with Gasteiger partial charge >= 0.3 is 5.97 Å². The Hall–Kier alpha value is -0.930. The lowest BCUT2D eigenvalue weighted by Crippen LogP contribution is -2.61. The van der Waals surface area contributed by atoms with Gasteiger partial charge in [-0.15, -0.1) is 0 Å². The first-order chi connectivity index (χ1) is 11.1. The van der Waals surface area contributed by atoms with E-state index in [0.29, 0.717) is 0 Å². The van der Waals surface area contributed by atoms with Gasteiger partial charge in [0.05, 0.1) is 13.2 Å². The number of hydrogen-bond acceptors (Lipinski definition) is 11. The van der Waals surface area contributed by atoms with Crippen LogP contribution in [0.2, 0.25) is 0 Å². The number of rotatable bonds is 8. The molecular formula is C12H22O12. The van der Waals surface area contributed by atoms with Gasteiger partial charge in [-0.3, -0.25) is 0 Å². The third-order valence-electron chi connectivity index (χ3n) is 3.62. The molecule has 1 heterocycles. The molecule has 9 N–H and O–H groups in total. The first-order valence-electron chi connectivity index (χ1n) is 6.99. The Bertz CT molecular complexity index is 403. The maximum absolute atomic E-state index is 10.7. The normalized spacial score (nSPS) is 35.9. The van der Waals surface area contributed by atoms with Gasteiger partial charge < -0.3 is 55.4 Å². The fourth-order valence-corrected chi connectivity index (χ4v) is 2.16. The third-order valence-corrected chi connectivity index (χ3v) is 3.62. The molecule has 24 heavy (non-hydrogen) atoms. The average Bonchev–Trinajstić information content (AvgIpc) is 2.57. The average molecular weight is 358 g/mol. The van der Waals surface area contributed by atoms with E-state index in [9.17, 15) is 35.4 Å². The molecule has 0 bridgehead atoms. The van der Waals surface area contributed by atoms with Gasteiger partial charge in [-0.1, -0.05) is 0 Å². The number of aliphatic hydroxyl groups is 8. The SMILES string of the molecule is O=C(O)[C@H](O)[C@H](O)[C@@H](O[C@@H]1O[C@H](CO)[C@H](O)[C@H](O)[C@H]1O)[C@H](O)CO. The summed E-state index contributed by atoms with van der Waals surface area (Å²) >= 11 is 0. The molecule has 142 valence electrons. The van der Waals surface area contributed by atoms with E-state index in [1.165, 1.54) is 0 Å². The van der Waals surface area contributed by atoms with Gasteiger partial charge in [0.25, 0.3) is 0 Å². The number of carboxylic acid groups (broad SMARTS) is 1. The maximum Gasteiger partial charge on any atom is 0.335 e. The maximum atomic E-state index is 10.7. The van der Waals surface area contributed by atoms with Crippen molar-refractivity contribution in [3.8, 4) is 0 Å². The van der Waals surface area contributed by atoms with Crippen molar-refractivity contribution in [1.82, 2.24) is 0 Å². The molecule has 9 atom stereocenters. The molecule has 0 saturated carbocycles. The van der Waals surface area contributed by atoms with Crippen molar-refractivity contribution in [3.05, 3.63) is 0 Å². The van der Waals surface area contributed by atoms with Crippen LogP contribution in [0.25, 0.3) is 0 Å². The molecule has 0 aromatic carbocycles. The van der Waals surface area contributed by atoms with Crippen LogP contribution in [0.1, 0.15) is 0 Å². The lowest BCUT2D eigenvalue weighted by atomic mass is 9.98. The summed E-state index contributed by atoms with van der Waals surface area (Å²) in [6, 6.07) is 0. The smallest absolute Gasteiger partial charge is 0.335 e. The molecule has 1 aliphatic rings. The van der Waals surface area contributed by atoms with Crippen LogP contribution < -0.4 is 0 Å². The van der Waals surface area contributed by atoms with Gasteiger partial charge in [0, 0.05) is 0 Å². The van der Waals surface area contributed by atoms with Crippen molar-refractivity contribution in [2.75, 3.05) is 13.2 Å². The summed E-state index contributed by atoms with van der Waals surface area (Å²) in [5, 5.41) is 84.5. The van der Waals surface area contributed by atoms with Crippen molar-refractivity contribution >= 4 is 5.97 Å². The number of hydrogen-bond donors (Lipinski definition) is 9. The van der Waals surface area contributed by atoms with E-state index >= 15 is 0 Å². The van der Waals surface area contributed by atoms with Gasteiger partial charge in [0.15, 0.2) is 12.4 Å². The Morgan fingerprint density at radius 2 is 1.62 bits per heavy atom. The van der Waals surface area contributed by atoms with Crippen molar-refractivity contribution in [2.45, 2.75) is 55.1 Å². The van der Waals surface area contributed by atoms with Gasteiger partial charge in [0.1, 0.15) is 42.7 Å². The van der Waals surface area contributed by atoms with Crippen LogP contribution in [0.4, 0.5) is 0 Å². The summed E-state index contributed by atoms with van der Waals surface area (Å²) in [5.41, 5.74) is 0. The van der Waals surface area contributed by atoms with Crippen LogP contribution in [-0.2, 0) is 14.3 Å². The van der Waals surface area contributed by atoms with Crippen LogP contribution in [0.3, 0.4) is 0 Å². The highest BCUT2D eigenvalue weighted by Crippen LogP contribution is 2.24. The van der Waals surface area contributed by atoms with Crippen LogP contribution in [-0.4, -0.2) is 120 Å². The topological polar surface area (TPSA) is 218 Å². The summed E-state index contributed by atoms with van der Waals surface area (Å²) in [5.74, 6) is -1.84. The minimum absolute atomic E-state index is 0.766. The second kappa shape index (κ2) is 8.96. The highest BCUT2D eigenvalue weighted by Gasteiger charge is 2.47. The van der Waals surface area contributed by atoms with E-state index in [2.05, 4.69) is 0 Å². The molecule has 0 aromatic rings. The van der Waals surface area contributed by atoms with Gasteiger partial charge in [-0.25, -0.2) is 4.79 Å². The number of carbonyl (C=O) groups is 1. The zero-order valence-electron chi connectivity index (χ0n) is 12.4. The predicted molar refractivity (Wildman–Crippen MR) is 71.4 cm³/mol. The Labute approximate surface area is 135 Å². The molecule has 12 nitrogen and oxygen atoms in total. The Balaban J connectivity index is 2.94. The molecule has 0 radical (unpaired) electrons. The summed E-state index contributed by atoms with van der Waals surface area (Å²) in [6.45, 7) is -1.76. The van der Waals surface area contributed by atoms with E-state index < -0.39 is 74.3 Å². The minimum atomic E-state index is -2.39. The summed E-state index contributed by atoms with van der Waals surface area (Å²) in [6.07, 6.45) is -16.9.